The summed E-state index contributed by atoms with van der Waals surface area (Å²) in [5.41, 5.74) is 2.05. The number of nitrogens with zero attached hydrogens (tertiary/aromatic N) is 4. The zero-order chi connectivity index (χ0) is 23.2. The Kier molecular flexibility index (Phi) is 8.90. The highest BCUT2D eigenvalue weighted by molar-refractivity contribution is 5.85. The summed E-state index contributed by atoms with van der Waals surface area (Å²) in [5, 5.41) is 11.3. The summed E-state index contributed by atoms with van der Waals surface area (Å²) in [5.74, 6) is -0.0660. The van der Waals surface area contributed by atoms with Crippen molar-refractivity contribution in [1.82, 2.24) is 9.88 Å². The van der Waals surface area contributed by atoms with Crippen LogP contribution in [-0.4, -0.2) is 47.5 Å². The normalized spacial score (nSPS) is 14.1. The van der Waals surface area contributed by atoms with Crippen molar-refractivity contribution < 1.29 is 13.7 Å². The minimum Gasteiger partial charge on any atom is -0.348 e. The molecule has 1 fully saturated rings. The van der Waals surface area contributed by atoms with E-state index in [0.29, 0.717) is 18.9 Å². The van der Waals surface area contributed by atoms with Crippen LogP contribution in [0.25, 0.3) is 0 Å². The standard InChI is InChI=1S/C25H26F2N4O2.ClH/c26-21-9-5-19(6-10-21)23(20-7-11-22(27)12-8-20)3-2-14-29-15-17-30(18-16-29)25-24(31(32)33)4-1-13-28-25;/h1,4-13,23H,2-3,14-18H2;1H. The average Bonchev–Trinajstić information content (AvgIpc) is 2.84. The number of pyridine rings is 1. The molecule has 0 bridgehead atoms. The van der Waals surface area contributed by atoms with Crippen molar-refractivity contribution in [2.24, 2.45) is 0 Å². The van der Waals surface area contributed by atoms with Gasteiger partial charge in [0.15, 0.2) is 0 Å². The summed E-state index contributed by atoms with van der Waals surface area (Å²) in [6.07, 6.45) is 3.35. The molecule has 0 N–H and O–H groups in total. The van der Waals surface area contributed by atoms with Gasteiger partial charge < -0.3 is 4.90 Å². The summed E-state index contributed by atoms with van der Waals surface area (Å²) in [4.78, 5) is 19.4. The molecular formula is C25H27ClF2N4O2. The van der Waals surface area contributed by atoms with Gasteiger partial charge in [-0.25, -0.2) is 13.8 Å². The second-order valence-electron chi connectivity index (χ2n) is 8.23. The first-order valence-corrected chi connectivity index (χ1v) is 11.1. The molecule has 180 valence electrons. The van der Waals surface area contributed by atoms with Crippen LogP contribution in [0, 0.1) is 21.7 Å². The number of aromatic nitrogens is 1. The maximum atomic E-state index is 13.4. The van der Waals surface area contributed by atoms with Gasteiger partial charge in [-0.2, -0.15) is 0 Å². The number of anilines is 1. The van der Waals surface area contributed by atoms with Gasteiger partial charge in [-0.3, -0.25) is 15.0 Å². The van der Waals surface area contributed by atoms with E-state index in [0.717, 1.165) is 43.6 Å². The first-order valence-electron chi connectivity index (χ1n) is 11.1. The number of hydrogen-bond acceptors (Lipinski definition) is 5. The van der Waals surface area contributed by atoms with Gasteiger partial charge in [-0.1, -0.05) is 24.3 Å². The Morgan fingerprint density at radius 3 is 2.00 bits per heavy atom. The summed E-state index contributed by atoms with van der Waals surface area (Å²) >= 11 is 0. The highest BCUT2D eigenvalue weighted by Crippen LogP contribution is 2.30. The lowest BCUT2D eigenvalue weighted by Crippen LogP contribution is -2.47. The predicted molar refractivity (Wildman–Crippen MR) is 131 cm³/mol. The lowest BCUT2D eigenvalue weighted by Gasteiger charge is -2.35. The summed E-state index contributed by atoms with van der Waals surface area (Å²) in [7, 11) is 0. The first-order chi connectivity index (χ1) is 16.0. The smallest absolute Gasteiger partial charge is 0.311 e. The summed E-state index contributed by atoms with van der Waals surface area (Å²) in [6, 6.07) is 16.1. The van der Waals surface area contributed by atoms with E-state index in [2.05, 4.69) is 9.88 Å². The van der Waals surface area contributed by atoms with Gasteiger partial charge in [-0.05, 0) is 60.8 Å². The summed E-state index contributed by atoms with van der Waals surface area (Å²) < 4.78 is 26.8. The van der Waals surface area contributed by atoms with Gasteiger partial charge >= 0.3 is 5.69 Å². The largest absolute Gasteiger partial charge is 0.348 e. The molecule has 0 radical (unpaired) electrons. The molecule has 1 aliphatic heterocycles. The zero-order valence-electron chi connectivity index (χ0n) is 18.6. The third-order valence-electron chi connectivity index (χ3n) is 6.15. The van der Waals surface area contributed by atoms with Crippen LogP contribution in [0.2, 0.25) is 0 Å². The second kappa shape index (κ2) is 11.9. The molecule has 34 heavy (non-hydrogen) atoms. The number of benzene rings is 2. The quantitative estimate of drug-likeness (QED) is 0.313. The van der Waals surface area contributed by atoms with E-state index < -0.39 is 0 Å². The molecule has 2 aromatic carbocycles. The fourth-order valence-electron chi connectivity index (χ4n) is 4.39. The Bertz CT molecular complexity index is 1030. The van der Waals surface area contributed by atoms with E-state index in [1.165, 1.54) is 30.3 Å². The molecule has 1 aliphatic rings. The van der Waals surface area contributed by atoms with Crippen LogP contribution < -0.4 is 4.90 Å². The van der Waals surface area contributed by atoms with E-state index in [9.17, 15) is 18.9 Å². The van der Waals surface area contributed by atoms with Crippen LogP contribution >= 0.6 is 12.4 Å². The molecule has 0 spiro atoms. The van der Waals surface area contributed by atoms with Crippen LogP contribution in [-0.2, 0) is 0 Å². The number of piperazine rings is 1. The average molecular weight is 489 g/mol. The van der Waals surface area contributed by atoms with Crippen LogP contribution in [0.1, 0.15) is 29.9 Å². The highest BCUT2D eigenvalue weighted by atomic mass is 35.5. The Hall–Kier alpha value is -3.10. The minimum atomic E-state index is -0.389. The fraction of sp³-hybridized carbons (Fsp3) is 0.320. The molecule has 0 saturated carbocycles. The molecule has 0 aliphatic carbocycles. The lowest BCUT2D eigenvalue weighted by atomic mass is 9.87. The van der Waals surface area contributed by atoms with Crippen molar-refractivity contribution >= 4 is 23.9 Å². The SMILES string of the molecule is Cl.O=[N+]([O-])c1cccnc1N1CCN(CCCC(c2ccc(F)cc2)c2ccc(F)cc2)CC1. The van der Waals surface area contributed by atoms with Crippen LogP contribution in [0.15, 0.2) is 66.9 Å². The monoisotopic (exact) mass is 488 g/mol. The maximum Gasteiger partial charge on any atom is 0.311 e. The molecule has 9 heteroatoms. The van der Waals surface area contributed by atoms with Crippen LogP contribution in [0.4, 0.5) is 20.3 Å². The Labute approximate surface area is 203 Å². The summed E-state index contributed by atoms with van der Waals surface area (Å²) in [6.45, 7) is 3.84. The van der Waals surface area contributed by atoms with Crippen molar-refractivity contribution in [2.75, 3.05) is 37.6 Å². The fourth-order valence-corrected chi connectivity index (χ4v) is 4.39. The molecule has 0 amide bonds. The van der Waals surface area contributed by atoms with Gasteiger partial charge in [0.25, 0.3) is 0 Å². The molecule has 2 heterocycles. The van der Waals surface area contributed by atoms with E-state index in [1.54, 1.807) is 36.5 Å². The molecule has 1 aromatic heterocycles. The molecule has 6 nitrogen and oxygen atoms in total. The van der Waals surface area contributed by atoms with Crippen molar-refractivity contribution in [1.29, 1.82) is 0 Å². The third-order valence-corrected chi connectivity index (χ3v) is 6.15. The molecule has 4 rings (SSSR count). The topological polar surface area (TPSA) is 62.5 Å². The number of rotatable bonds is 8. The van der Waals surface area contributed by atoms with E-state index in [1.807, 2.05) is 4.90 Å². The molecule has 0 unspecified atom stereocenters. The van der Waals surface area contributed by atoms with Gasteiger partial charge in [0, 0.05) is 44.4 Å². The number of nitro groups is 1. The van der Waals surface area contributed by atoms with Crippen molar-refractivity contribution in [2.45, 2.75) is 18.8 Å². The van der Waals surface area contributed by atoms with E-state index >= 15 is 0 Å². The second-order valence-corrected chi connectivity index (χ2v) is 8.23. The maximum absolute atomic E-state index is 13.4. The third kappa shape index (κ3) is 6.27. The van der Waals surface area contributed by atoms with E-state index in [4.69, 9.17) is 0 Å². The number of halogens is 3. The van der Waals surface area contributed by atoms with Crippen molar-refractivity contribution in [3.05, 3.63) is 99.7 Å². The van der Waals surface area contributed by atoms with Crippen LogP contribution in [0.5, 0.6) is 0 Å². The first kappa shape index (κ1) is 25.5. The predicted octanol–water partition coefficient (Wildman–Crippen LogP) is 5.42. The van der Waals surface area contributed by atoms with Gasteiger partial charge in [-0.15, -0.1) is 12.4 Å². The van der Waals surface area contributed by atoms with Gasteiger partial charge in [0.2, 0.25) is 5.82 Å². The highest BCUT2D eigenvalue weighted by Gasteiger charge is 2.24. The minimum absolute atomic E-state index is 0. The lowest BCUT2D eigenvalue weighted by molar-refractivity contribution is -0.384. The Balaban J connectivity index is 0.00000324. The zero-order valence-corrected chi connectivity index (χ0v) is 19.5. The van der Waals surface area contributed by atoms with E-state index in [-0.39, 0.29) is 40.6 Å². The molecule has 3 aromatic rings. The Morgan fingerprint density at radius 1 is 0.912 bits per heavy atom. The molecule has 0 atom stereocenters. The molecule has 1 saturated heterocycles. The van der Waals surface area contributed by atoms with Crippen molar-refractivity contribution in [3.8, 4) is 0 Å². The van der Waals surface area contributed by atoms with Gasteiger partial charge in [0.05, 0.1) is 4.92 Å². The van der Waals surface area contributed by atoms with Crippen molar-refractivity contribution in [3.63, 3.8) is 0 Å². The molecular weight excluding hydrogens is 462 g/mol. The Morgan fingerprint density at radius 2 is 1.47 bits per heavy atom. The van der Waals surface area contributed by atoms with Gasteiger partial charge in [0.1, 0.15) is 11.6 Å². The number of hydrogen-bond donors (Lipinski definition) is 0. The van der Waals surface area contributed by atoms with Crippen LogP contribution in [0.3, 0.4) is 0 Å².